The largest absolute Gasteiger partial charge is 0.494 e. The first-order chi connectivity index (χ1) is 8.82. The lowest BCUT2D eigenvalue weighted by Crippen LogP contribution is -2.41. The van der Waals surface area contributed by atoms with E-state index in [1.54, 1.807) is 0 Å². The summed E-state index contributed by atoms with van der Waals surface area (Å²) in [7, 11) is 0. The predicted molar refractivity (Wildman–Crippen MR) is 81.4 cm³/mol. The van der Waals surface area contributed by atoms with Crippen LogP contribution in [0.5, 0.6) is 5.75 Å². The minimum atomic E-state index is -0.473. The van der Waals surface area contributed by atoms with E-state index in [4.69, 9.17) is 17.0 Å². The molecule has 0 fully saturated rings. The smallest absolute Gasteiger partial charge is 0.231 e. The van der Waals surface area contributed by atoms with Crippen LogP contribution in [0.25, 0.3) is 0 Å². The van der Waals surface area contributed by atoms with E-state index in [9.17, 15) is 4.79 Å². The fourth-order valence-electron chi connectivity index (χ4n) is 1.28. The summed E-state index contributed by atoms with van der Waals surface area (Å²) in [5.74, 6) is 0.642. The number of ether oxygens (including phenoxy) is 1. The van der Waals surface area contributed by atoms with Crippen molar-refractivity contribution in [2.24, 2.45) is 5.41 Å². The van der Waals surface area contributed by atoms with Crippen molar-refractivity contribution in [2.45, 2.75) is 27.7 Å². The second kappa shape index (κ2) is 6.52. The maximum absolute atomic E-state index is 11.8. The van der Waals surface area contributed by atoms with Gasteiger partial charge in [0, 0.05) is 17.2 Å². The number of thiocarbonyl (C=S) groups is 1. The highest BCUT2D eigenvalue weighted by Gasteiger charge is 2.21. The molecule has 0 aromatic heterocycles. The molecular formula is C14H20N2O2S. The molecule has 0 aliphatic carbocycles. The molecule has 2 N–H and O–H groups in total. The Bertz CT molecular complexity index is 467. The number of amides is 1. The Morgan fingerprint density at radius 2 is 2.05 bits per heavy atom. The van der Waals surface area contributed by atoms with Gasteiger partial charge >= 0.3 is 0 Å². The van der Waals surface area contributed by atoms with Crippen LogP contribution in [0.2, 0.25) is 0 Å². The Morgan fingerprint density at radius 3 is 2.63 bits per heavy atom. The monoisotopic (exact) mass is 280 g/mol. The lowest BCUT2D eigenvalue weighted by molar-refractivity contribution is -0.126. The number of benzene rings is 1. The van der Waals surface area contributed by atoms with Crippen molar-refractivity contribution >= 4 is 28.9 Å². The molecule has 104 valence electrons. The fraction of sp³-hybridized carbons (Fsp3) is 0.429. The molecule has 0 radical (unpaired) electrons. The fourth-order valence-corrected chi connectivity index (χ4v) is 1.49. The van der Waals surface area contributed by atoms with Crippen LogP contribution in [0.3, 0.4) is 0 Å². The van der Waals surface area contributed by atoms with Crippen LogP contribution in [0.15, 0.2) is 24.3 Å². The van der Waals surface area contributed by atoms with Gasteiger partial charge in [-0.15, -0.1) is 0 Å². The molecule has 0 aliphatic heterocycles. The van der Waals surface area contributed by atoms with Crippen LogP contribution in [0.4, 0.5) is 5.69 Å². The summed E-state index contributed by atoms with van der Waals surface area (Å²) in [4.78, 5) is 11.8. The molecule has 0 unspecified atom stereocenters. The normalized spacial score (nSPS) is 10.7. The molecule has 1 amide bonds. The molecule has 0 heterocycles. The van der Waals surface area contributed by atoms with E-state index in [1.807, 2.05) is 52.0 Å². The number of hydrogen-bond acceptors (Lipinski definition) is 3. The first kappa shape index (κ1) is 15.4. The predicted octanol–water partition coefficient (Wildman–Crippen LogP) is 2.94. The molecule has 1 aromatic rings. The Labute approximate surface area is 119 Å². The lowest BCUT2D eigenvalue weighted by Gasteiger charge is -2.18. The zero-order valence-electron chi connectivity index (χ0n) is 11.7. The molecule has 0 aliphatic rings. The first-order valence-corrected chi connectivity index (χ1v) is 6.59. The van der Waals surface area contributed by atoms with Crippen LogP contribution >= 0.6 is 12.2 Å². The van der Waals surface area contributed by atoms with Crippen molar-refractivity contribution in [1.82, 2.24) is 5.32 Å². The van der Waals surface area contributed by atoms with Crippen LogP contribution in [-0.4, -0.2) is 17.6 Å². The van der Waals surface area contributed by atoms with Gasteiger partial charge in [0.2, 0.25) is 5.91 Å². The SMILES string of the molecule is CCOc1cccc(NC(=S)NC(=O)C(C)(C)C)c1. The van der Waals surface area contributed by atoms with Gasteiger partial charge in [-0.05, 0) is 31.3 Å². The molecule has 5 heteroatoms. The third-order valence-corrected chi connectivity index (χ3v) is 2.52. The van der Waals surface area contributed by atoms with Crippen molar-refractivity contribution in [2.75, 3.05) is 11.9 Å². The van der Waals surface area contributed by atoms with Crippen LogP contribution in [0, 0.1) is 5.41 Å². The summed E-state index contributed by atoms with van der Waals surface area (Å²) in [6.45, 7) is 8.03. The van der Waals surface area contributed by atoms with Crippen molar-refractivity contribution in [3.8, 4) is 5.75 Å². The molecule has 0 bridgehead atoms. The Balaban J connectivity index is 2.62. The minimum Gasteiger partial charge on any atom is -0.494 e. The number of carbonyl (C=O) groups is 1. The highest BCUT2D eigenvalue weighted by Crippen LogP contribution is 2.17. The van der Waals surface area contributed by atoms with Gasteiger partial charge in [-0.2, -0.15) is 0 Å². The molecule has 0 saturated carbocycles. The molecular weight excluding hydrogens is 260 g/mol. The highest BCUT2D eigenvalue weighted by molar-refractivity contribution is 7.80. The van der Waals surface area contributed by atoms with E-state index >= 15 is 0 Å². The van der Waals surface area contributed by atoms with E-state index in [0.29, 0.717) is 6.61 Å². The van der Waals surface area contributed by atoms with Gasteiger partial charge in [0.25, 0.3) is 0 Å². The molecule has 4 nitrogen and oxygen atoms in total. The minimum absolute atomic E-state index is 0.119. The molecule has 19 heavy (non-hydrogen) atoms. The quantitative estimate of drug-likeness (QED) is 0.836. The van der Waals surface area contributed by atoms with Crippen molar-refractivity contribution in [1.29, 1.82) is 0 Å². The Morgan fingerprint density at radius 1 is 1.37 bits per heavy atom. The summed E-state index contributed by atoms with van der Waals surface area (Å²) in [5, 5.41) is 5.91. The van der Waals surface area contributed by atoms with E-state index in [1.165, 1.54) is 0 Å². The Hall–Kier alpha value is -1.62. The molecule has 1 aromatic carbocycles. The second-order valence-corrected chi connectivity index (χ2v) is 5.53. The highest BCUT2D eigenvalue weighted by atomic mass is 32.1. The molecule has 1 rings (SSSR count). The topological polar surface area (TPSA) is 50.4 Å². The van der Waals surface area contributed by atoms with Gasteiger partial charge < -0.3 is 15.4 Å². The second-order valence-electron chi connectivity index (χ2n) is 5.12. The van der Waals surface area contributed by atoms with Gasteiger partial charge in [-0.1, -0.05) is 26.8 Å². The van der Waals surface area contributed by atoms with Crippen LogP contribution < -0.4 is 15.4 Å². The average Bonchev–Trinajstić information content (AvgIpc) is 2.28. The first-order valence-electron chi connectivity index (χ1n) is 6.18. The maximum Gasteiger partial charge on any atom is 0.231 e. The number of carbonyl (C=O) groups excluding carboxylic acids is 1. The maximum atomic E-state index is 11.8. The molecule has 0 spiro atoms. The van der Waals surface area contributed by atoms with Crippen LogP contribution in [0.1, 0.15) is 27.7 Å². The van der Waals surface area contributed by atoms with Gasteiger partial charge in [-0.3, -0.25) is 4.79 Å². The zero-order valence-corrected chi connectivity index (χ0v) is 12.6. The van der Waals surface area contributed by atoms with Gasteiger partial charge in [-0.25, -0.2) is 0 Å². The zero-order chi connectivity index (χ0) is 14.5. The summed E-state index contributed by atoms with van der Waals surface area (Å²) in [5.41, 5.74) is 0.309. The summed E-state index contributed by atoms with van der Waals surface area (Å²) in [6.07, 6.45) is 0. The van der Waals surface area contributed by atoms with Crippen molar-refractivity contribution in [3.05, 3.63) is 24.3 Å². The van der Waals surface area contributed by atoms with E-state index in [-0.39, 0.29) is 11.0 Å². The van der Waals surface area contributed by atoms with E-state index in [2.05, 4.69) is 10.6 Å². The summed E-state index contributed by atoms with van der Waals surface area (Å²) < 4.78 is 5.39. The number of nitrogens with one attached hydrogen (secondary N) is 2. The van der Waals surface area contributed by atoms with Gasteiger partial charge in [0.1, 0.15) is 5.75 Å². The van der Waals surface area contributed by atoms with Crippen molar-refractivity contribution in [3.63, 3.8) is 0 Å². The number of hydrogen-bond donors (Lipinski definition) is 2. The lowest BCUT2D eigenvalue weighted by atomic mass is 9.96. The average molecular weight is 280 g/mol. The van der Waals surface area contributed by atoms with Gasteiger partial charge in [0.05, 0.1) is 6.61 Å². The van der Waals surface area contributed by atoms with Crippen molar-refractivity contribution < 1.29 is 9.53 Å². The third-order valence-electron chi connectivity index (χ3n) is 2.31. The third kappa shape index (κ3) is 5.26. The molecule has 0 saturated heterocycles. The Kier molecular flexibility index (Phi) is 5.30. The standard InChI is InChI=1S/C14H20N2O2S/c1-5-18-11-8-6-7-10(9-11)15-13(19)16-12(17)14(2,3)4/h6-9H,5H2,1-4H3,(H2,15,16,17,19). The summed E-state index contributed by atoms with van der Waals surface area (Å²) in [6, 6.07) is 7.42. The number of rotatable bonds is 3. The van der Waals surface area contributed by atoms with Crippen LogP contribution in [-0.2, 0) is 4.79 Å². The van der Waals surface area contributed by atoms with E-state index in [0.717, 1.165) is 11.4 Å². The summed E-state index contributed by atoms with van der Waals surface area (Å²) >= 11 is 5.11. The number of anilines is 1. The van der Waals surface area contributed by atoms with Gasteiger partial charge in [0.15, 0.2) is 5.11 Å². The van der Waals surface area contributed by atoms with E-state index < -0.39 is 5.41 Å². The molecule has 0 atom stereocenters.